The van der Waals surface area contributed by atoms with Crippen molar-refractivity contribution >= 4 is 22.3 Å². The van der Waals surface area contributed by atoms with Gasteiger partial charge in [-0.2, -0.15) is 8.42 Å². The number of carbonyl (C=O) groups is 2. The number of aliphatic hydroxyl groups is 4. The molecular weight excluding hydrogens is 450 g/mol. The molecule has 7 N–H and O–H groups in total. The maximum Gasteiger partial charge on any atom is 0.397 e. The first-order valence-corrected chi connectivity index (χ1v) is 10.2. The van der Waals surface area contributed by atoms with Crippen molar-refractivity contribution < 1.29 is 66.5 Å². The fourth-order valence-electron chi connectivity index (χ4n) is 2.96. The lowest BCUT2D eigenvalue weighted by molar-refractivity contribution is -0.315. The quantitative estimate of drug-likeness (QED) is 0.167. The Morgan fingerprint density at radius 1 is 1.19 bits per heavy atom. The maximum atomic E-state index is 11.2. The molecule has 2 aliphatic rings. The standard InChI is InChI=1S/C15H23NO14S/c1-5(17)16-3-6-10(19)12(9(28-14(6)23)4-27-31(24,25)26)30-15-11(20)7(18)2-8(29-15)13(21)22/h2,6-7,9-12,14-15,18-20,23H,3-4H2,1H3,(H,16,17)(H,21,22)(H,24,25,26)/t6-,7+,9-,10-,11?,12-,14?,15+/m1/s1. The molecule has 2 heterocycles. The number of hydrogen-bond donors (Lipinski definition) is 7. The fraction of sp³-hybridized carbons (Fsp3) is 0.733. The molecule has 0 aromatic rings. The third-order valence-electron chi connectivity index (χ3n) is 4.49. The molecule has 2 rings (SSSR count). The number of carboxylic acid groups (broad SMARTS) is 1. The number of aliphatic hydroxyl groups excluding tert-OH is 4. The molecule has 0 saturated carbocycles. The molecule has 1 saturated heterocycles. The van der Waals surface area contributed by atoms with Crippen LogP contribution in [0.2, 0.25) is 0 Å². The molecule has 0 aromatic carbocycles. The SMILES string of the molecule is CC(=O)NC[C@H]1C(O)O[C@H](COS(=O)(=O)O)[C@@H](O[C@@H]2OC(C(=O)O)=C[C@H](O)C2O)[C@@H]1O. The monoisotopic (exact) mass is 473 g/mol. The summed E-state index contributed by atoms with van der Waals surface area (Å²) in [4.78, 5) is 22.3. The molecule has 2 aliphatic heterocycles. The van der Waals surface area contributed by atoms with E-state index in [1.54, 1.807) is 0 Å². The van der Waals surface area contributed by atoms with Gasteiger partial charge in [0.1, 0.15) is 24.4 Å². The van der Waals surface area contributed by atoms with E-state index < -0.39 is 83.7 Å². The third-order valence-corrected chi connectivity index (χ3v) is 4.92. The van der Waals surface area contributed by atoms with Gasteiger partial charge in [0, 0.05) is 13.5 Å². The number of rotatable bonds is 8. The van der Waals surface area contributed by atoms with Gasteiger partial charge in [-0.05, 0) is 6.08 Å². The van der Waals surface area contributed by atoms with Gasteiger partial charge < -0.3 is 45.1 Å². The Morgan fingerprint density at radius 3 is 2.39 bits per heavy atom. The van der Waals surface area contributed by atoms with Crippen molar-refractivity contribution in [1.29, 1.82) is 0 Å². The highest BCUT2D eigenvalue weighted by atomic mass is 32.3. The van der Waals surface area contributed by atoms with Gasteiger partial charge in [-0.25, -0.2) is 8.98 Å². The van der Waals surface area contributed by atoms with Crippen molar-refractivity contribution in [2.24, 2.45) is 5.92 Å². The molecule has 178 valence electrons. The molecule has 31 heavy (non-hydrogen) atoms. The molecule has 2 unspecified atom stereocenters. The lowest BCUT2D eigenvalue weighted by atomic mass is 9.90. The second-order valence-corrected chi connectivity index (χ2v) is 7.86. The number of carboxylic acids is 1. The van der Waals surface area contributed by atoms with Gasteiger partial charge in [-0.1, -0.05) is 0 Å². The highest BCUT2D eigenvalue weighted by Crippen LogP contribution is 2.31. The first-order valence-electron chi connectivity index (χ1n) is 8.81. The summed E-state index contributed by atoms with van der Waals surface area (Å²) in [6.45, 7) is -0.0928. The van der Waals surface area contributed by atoms with Gasteiger partial charge in [0.25, 0.3) is 0 Å². The summed E-state index contributed by atoms with van der Waals surface area (Å²) in [5, 5.41) is 52.0. The van der Waals surface area contributed by atoms with E-state index in [9.17, 15) is 38.4 Å². The Labute approximate surface area is 175 Å². The molecular formula is C15H23NO14S. The molecule has 0 aliphatic carbocycles. The highest BCUT2D eigenvalue weighted by Gasteiger charge is 2.49. The minimum absolute atomic E-state index is 0.305. The molecule has 8 atom stereocenters. The predicted octanol–water partition coefficient (Wildman–Crippen LogP) is -3.93. The molecule has 1 amide bonds. The van der Waals surface area contributed by atoms with Gasteiger partial charge in [0.2, 0.25) is 18.0 Å². The number of amides is 1. The van der Waals surface area contributed by atoms with E-state index in [1.807, 2.05) is 0 Å². The first-order chi connectivity index (χ1) is 14.3. The van der Waals surface area contributed by atoms with Crippen LogP contribution >= 0.6 is 0 Å². The molecule has 0 radical (unpaired) electrons. The average molecular weight is 473 g/mol. The molecule has 0 spiro atoms. The van der Waals surface area contributed by atoms with Gasteiger partial charge in [0.15, 0.2) is 6.29 Å². The van der Waals surface area contributed by atoms with E-state index in [-0.39, 0.29) is 6.54 Å². The van der Waals surface area contributed by atoms with Crippen LogP contribution in [-0.2, 0) is 38.4 Å². The smallest absolute Gasteiger partial charge is 0.397 e. The summed E-state index contributed by atoms with van der Waals surface area (Å²) in [5.74, 6) is -4.07. The zero-order valence-corrected chi connectivity index (χ0v) is 16.8. The van der Waals surface area contributed by atoms with Crippen LogP contribution < -0.4 is 5.32 Å². The van der Waals surface area contributed by atoms with Crippen molar-refractivity contribution in [2.75, 3.05) is 13.2 Å². The number of ether oxygens (including phenoxy) is 3. The second-order valence-electron chi connectivity index (χ2n) is 6.77. The van der Waals surface area contributed by atoms with Crippen molar-refractivity contribution in [3.8, 4) is 0 Å². The maximum absolute atomic E-state index is 11.2. The number of aliphatic carboxylic acids is 1. The highest BCUT2D eigenvalue weighted by molar-refractivity contribution is 7.80. The van der Waals surface area contributed by atoms with Crippen LogP contribution in [-0.4, -0.2) is 107 Å². The molecule has 0 bridgehead atoms. The summed E-state index contributed by atoms with van der Waals surface area (Å²) in [5.41, 5.74) is 0. The number of carbonyl (C=O) groups excluding carboxylic acids is 1. The van der Waals surface area contributed by atoms with Crippen LogP contribution in [0.15, 0.2) is 11.8 Å². The normalized spacial score (nSPS) is 36.3. The van der Waals surface area contributed by atoms with E-state index in [2.05, 4.69) is 9.50 Å². The Balaban J connectivity index is 2.26. The van der Waals surface area contributed by atoms with E-state index in [4.69, 9.17) is 23.9 Å². The minimum Gasteiger partial charge on any atom is -0.475 e. The first kappa shape index (κ1) is 25.4. The Kier molecular flexibility index (Phi) is 8.31. The predicted molar refractivity (Wildman–Crippen MR) is 94.0 cm³/mol. The van der Waals surface area contributed by atoms with Gasteiger partial charge in [-0.15, -0.1) is 0 Å². The lowest BCUT2D eigenvalue weighted by Crippen LogP contribution is -2.61. The summed E-state index contributed by atoms with van der Waals surface area (Å²) in [6, 6.07) is 0. The van der Waals surface area contributed by atoms with Crippen LogP contribution in [0.1, 0.15) is 6.92 Å². The van der Waals surface area contributed by atoms with Crippen LogP contribution in [0.25, 0.3) is 0 Å². The summed E-state index contributed by atoms with van der Waals surface area (Å²) in [7, 11) is -4.95. The van der Waals surface area contributed by atoms with Crippen LogP contribution in [0.4, 0.5) is 0 Å². The van der Waals surface area contributed by atoms with Crippen LogP contribution in [0, 0.1) is 5.92 Å². The number of nitrogens with one attached hydrogen (secondary N) is 1. The minimum atomic E-state index is -4.95. The van der Waals surface area contributed by atoms with Crippen LogP contribution in [0.5, 0.6) is 0 Å². The Morgan fingerprint density at radius 2 is 1.84 bits per heavy atom. The van der Waals surface area contributed by atoms with Crippen molar-refractivity contribution in [3.05, 3.63) is 11.8 Å². The van der Waals surface area contributed by atoms with Gasteiger partial charge in [-0.3, -0.25) is 9.35 Å². The summed E-state index contributed by atoms with van der Waals surface area (Å²) < 4.78 is 50.2. The van der Waals surface area contributed by atoms with E-state index in [0.29, 0.717) is 6.08 Å². The van der Waals surface area contributed by atoms with E-state index in [0.717, 1.165) is 0 Å². The average Bonchev–Trinajstić information content (AvgIpc) is 2.64. The third kappa shape index (κ3) is 6.79. The molecule has 1 fully saturated rings. The second kappa shape index (κ2) is 10.2. The number of hydrogen-bond acceptors (Lipinski definition) is 12. The van der Waals surface area contributed by atoms with E-state index in [1.165, 1.54) is 6.92 Å². The largest absolute Gasteiger partial charge is 0.475 e. The van der Waals surface area contributed by atoms with Crippen LogP contribution in [0.3, 0.4) is 0 Å². The topological polar surface area (TPSA) is 239 Å². The van der Waals surface area contributed by atoms with Crippen molar-refractivity contribution in [3.63, 3.8) is 0 Å². The zero-order chi connectivity index (χ0) is 23.5. The summed E-state index contributed by atoms with van der Waals surface area (Å²) >= 11 is 0. The Hall–Kier alpha value is -1.89. The lowest BCUT2D eigenvalue weighted by Gasteiger charge is -2.44. The van der Waals surface area contributed by atoms with Gasteiger partial charge >= 0.3 is 16.4 Å². The zero-order valence-electron chi connectivity index (χ0n) is 16.0. The summed E-state index contributed by atoms with van der Waals surface area (Å²) in [6.07, 6.45) is -11.3. The molecule has 0 aromatic heterocycles. The van der Waals surface area contributed by atoms with Crippen molar-refractivity contribution in [2.45, 2.75) is 50.0 Å². The van der Waals surface area contributed by atoms with Crippen molar-refractivity contribution in [1.82, 2.24) is 5.32 Å². The Bertz CT molecular complexity index is 800. The fourth-order valence-corrected chi connectivity index (χ4v) is 3.27. The van der Waals surface area contributed by atoms with Gasteiger partial charge in [0.05, 0.1) is 18.6 Å². The molecule has 15 nitrogen and oxygen atoms in total. The van der Waals surface area contributed by atoms with E-state index >= 15 is 0 Å². The molecule has 16 heteroatoms.